The number of hydroxylamine groups is 2. The molecule has 1 spiro atoms. The zero-order valence-corrected chi connectivity index (χ0v) is 10.7. The maximum absolute atomic E-state index is 11.5. The van der Waals surface area contributed by atoms with Gasteiger partial charge < -0.3 is 10.4 Å². The van der Waals surface area contributed by atoms with E-state index in [1.165, 1.54) is 5.06 Å². The summed E-state index contributed by atoms with van der Waals surface area (Å²) in [6, 6.07) is 0. The fourth-order valence-corrected chi connectivity index (χ4v) is 2.79. The molecular weight excluding hydrogens is 236 g/mol. The molecule has 98 valence electrons. The highest BCUT2D eigenvalue weighted by atomic mass is 16.8. The number of aromatic nitrogens is 2. The van der Waals surface area contributed by atoms with Crippen LogP contribution in [0.2, 0.25) is 0 Å². The molecule has 1 N–H and O–H groups in total. The zero-order chi connectivity index (χ0) is 13.1. The maximum atomic E-state index is 11.5. The summed E-state index contributed by atoms with van der Waals surface area (Å²) >= 11 is 0. The molecule has 0 fully saturated rings. The monoisotopic (exact) mass is 252 g/mol. The van der Waals surface area contributed by atoms with E-state index in [-0.39, 0.29) is 0 Å². The predicted octanol–water partition coefficient (Wildman–Crippen LogP) is 0.741. The lowest BCUT2D eigenvalue weighted by Gasteiger charge is -2.37. The van der Waals surface area contributed by atoms with Crippen LogP contribution in [0.15, 0.2) is 9.62 Å². The number of hydrogen-bond acceptors (Lipinski definition) is 6. The SMILES string of the molecule is CC1=N[C@]2(CCCc3c2no[n+]3[O-])N(O)C1(C)C. The number of hydrogen-bond donors (Lipinski definition) is 1. The highest BCUT2D eigenvalue weighted by Crippen LogP contribution is 2.46. The van der Waals surface area contributed by atoms with Gasteiger partial charge in [0.25, 0.3) is 5.69 Å². The van der Waals surface area contributed by atoms with Crippen molar-refractivity contribution >= 4 is 5.71 Å². The molecule has 1 atom stereocenters. The molecule has 7 nitrogen and oxygen atoms in total. The Kier molecular flexibility index (Phi) is 2.13. The third-order valence-electron chi connectivity index (χ3n) is 4.14. The smallest absolute Gasteiger partial charge is 0.265 e. The summed E-state index contributed by atoms with van der Waals surface area (Å²) in [4.78, 5) is 5.00. The van der Waals surface area contributed by atoms with E-state index < -0.39 is 11.2 Å². The van der Waals surface area contributed by atoms with Crippen molar-refractivity contribution in [1.82, 2.24) is 10.2 Å². The molecule has 1 aromatic heterocycles. The van der Waals surface area contributed by atoms with Crippen LogP contribution in [-0.2, 0) is 12.1 Å². The van der Waals surface area contributed by atoms with Gasteiger partial charge in [0.1, 0.15) is 0 Å². The lowest BCUT2D eigenvalue weighted by molar-refractivity contribution is -0.808. The van der Waals surface area contributed by atoms with Crippen LogP contribution in [-0.4, -0.2) is 26.7 Å². The van der Waals surface area contributed by atoms with Crippen molar-refractivity contribution in [2.75, 3.05) is 0 Å². The predicted molar refractivity (Wildman–Crippen MR) is 60.9 cm³/mol. The molecule has 1 aromatic rings. The Labute approximate surface area is 104 Å². The summed E-state index contributed by atoms with van der Waals surface area (Å²) in [6.45, 7) is 5.65. The summed E-state index contributed by atoms with van der Waals surface area (Å²) in [5.74, 6) is 0. The van der Waals surface area contributed by atoms with Gasteiger partial charge in [-0.3, -0.25) is 9.62 Å². The Morgan fingerprint density at radius 1 is 1.50 bits per heavy atom. The molecule has 1 aliphatic heterocycles. The summed E-state index contributed by atoms with van der Waals surface area (Å²) in [5, 5.41) is 27.0. The highest BCUT2D eigenvalue weighted by Gasteiger charge is 2.58. The molecule has 0 amide bonds. The molecule has 2 heterocycles. The first kappa shape index (κ1) is 11.6. The molecule has 7 heteroatoms. The van der Waals surface area contributed by atoms with Crippen molar-refractivity contribution in [2.24, 2.45) is 4.99 Å². The van der Waals surface area contributed by atoms with Gasteiger partial charge >= 0.3 is 0 Å². The number of aliphatic imine (C=N–C) groups is 1. The van der Waals surface area contributed by atoms with Gasteiger partial charge in [-0.05, 0) is 38.5 Å². The molecule has 2 aliphatic rings. The molecule has 18 heavy (non-hydrogen) atoms. The highest BCUT2D eigenvalue weighted by molar-refractivity contribution is 5.92. The minimum absolute atomic E-state index is 0.417. The van der Waals surface area contributed by atoms with Crippen LogP contribution in [0.25, 0.3) is 0 Å². The molecule has 0 saturated heterocycles. The lowest BCUT2D eigenvalue weighted by atomic mass is 9.89. The summed E-state index contributed by atoms with van der Waals surface area (Å²) in [5.41, 5.74) is 0.200. The third kappa shape index (κ3) is 1.18. The van der Waals surface area contributed by atoms with Crippen molar-refractivity contribution in [3.63, 3.8) is 0 Å². The molecule has 0 saturated carbocycles. The Morgan fingerprint density at radius 2 is 2.22 bits per heavy atom. The fraction of sp³-hybridized carbons (Fsp3) is 0.727. The van der Waals surface area contributed by atoms with Crippen molar-refractivity contribution in [3.05, 3.63) is 16.6 Å². The number of rotatable bonds is 0. The first-order valence-electron chi connectivity index (χ1n) is 6.05. The van der Waals surface area contributed by atoms with E-state index in [0.717, 1.165) is 12.1 Å². The lowest BCUT2D eigenvalue weighted by Crippen LogP contribution is -2.52. The molecule has 0 bridgehead atoms. The van der Waals surface area contributed by atoms with Crippen LogP contribution in [0.1, 0.15) is 45.0 Å². The van der Waals surface area contributed by atoms with E-state index in [1.807, 2.05) is 20.8 Å². The minimum Gasteiger partial charge on any atom is -0.359 e. The van der Waals surface area contributed by atoms with Crippen molar-refractivity contribution in [2.45, 2.75) is 51.2 Å². The summed E-state index contributed by atoms with van der Waals surface area (Å²) in [7, 11) is 0. The largest absolute Gasteiger partial charge is 0.359 e. The first-order chi connectivity index (χ1) is 8.39. The second kappa shape index (κ2) is 3.30. The second-order valence-electron chi connectivity index (χ2n) is 5.46. The van der Waals surface area contributed by atoms with Gasteiger partial charge in [0, 0.05) is 17.3 Å². The average Bonchev–Trinajstić information content (AvgIpc) is 2.77. The van der Waals surface area contributed by atoms with Crippen molar-refractivity contribution < 1.29 is 14.7 Å². The maximum Gasteiger partial charge on any atom is 0.265 e. The van der Waals surface area contributed by atoms with Gasteiger partial charge in [0.2, 0.25) is 11.4 Å². The Balaban J connectivity index is 2.19. The second-order valence-corrected chi connectivity index (χ2v) is 5.46. The van der Waals surface area contributed by atoms with E-state index in [2.05, 4.69) is 14.8 Å². The quantitative estimate of drug-likeness (QED) is 0.688. The van der Waals surface area contributed by atoms with Gasteiger partial charge in [-0.25, -0.2) is 0 Å². The van der Waals surface area contributed by atoms with Crippen LogP contribution < -0.4 is 4.90 Å². The summed E-state index contributed by atoms with van der Waals surface area (Å²) < 4.78 is 4.66. The van der Waals surface area contributed by atoms with Crippen LogP contribution in [0.5, 0.6) is 0 Å². The Hall–Kier alpha value is -1.47. The van der Waals surface area contributed by atoms with E-state index in [0.29, 0.717) is 29.1 Å². The van der Waals surface area contributed by atoms with Gasteiger partial charge in [0.15, 0.2) is 0 Å². The van der Waals surface area contributed by atoms with Crippen LogP contribution in [0.4, 0.5) is 0 Å². The molecule has 0 unspecified atom stereocenters. The Bertz CT molecular complexity index is 536. The van der Waals surface area contributed by atoms with E-state index in [9.17, 15) is 10.4 Å². The van der Waals surface area contributed by atoms with Crippen molar-refractivity contribution in [1.29, 1.82) is 0 Å². The minimum atomic E-state index is -0.958. The van der Waals surface area contributed by atoms with E-state index in [1.54, 1.807) is 0 Å². The normalized spacial score (nSPS) is 30.6. The summed E-state index contributed by atoms with van der Waals surface area (Å²) in [6.07, 6.45) is 2.00. The molecule has 0 radical (unpaired) electrons. The zero-order valence-electron chi connectivity index (χ0n) is 10.7. The van der Waals surface area contributed by atoms with Gasteiger partial charge in [-0.1, -0.05) is 0 Å². The topological polar surface area (TPSA) is 88.8 Å². The molecular formula is C11H16N4O3. The van der Waals surface area contributed by atoms with Crippen LogP contribution in [0.3, 0.4) is 0 Å². The number of fused-ring (bicyclic) bond motifs is 2. The van der Waals surface area contributed by atoms with Gasteiger partial charge in [-0.2, -0.15) is 0 Å². The van der Waals surface area contributed by atoms with E-state index in [4.69, 9.17) is 0 Å². The van der Waals surface area contributed by atoms with Gasteiger partial charge in [-0.15, -0.1) is 5.06 Å². The molecule has 3 rings (SSSR count). The van der Waals surface area contributed by atoms with Crippen LogP contribution >= 0.6 is 0 Å². The average molecular weight is 252 g/mol. The molecule has 1 aliphatic carbocycles. The van der Waals surface area contributed by atoms with Crippen molar-refractivity contribution in [3.8, 4) is 0 Å². The number of nitrogens with zero attached hydrogens (tertiary/aromatic N) is 4. The standard InChI is InChI=1S/C11H16N4O3/c1-7-10(2,3)15(17)11(12-7)6-4-5-8-9(11)13-18-14(8)16/h17H,4-6H2,1-3H3/t11-/m1/s1. The Morgan fingerprint density at radius 3 is 2.83 bits per heavy atom. The third-order valence-corrected chi connectivity index (χ3v) is 4.14. The van der Waals surface area contributed by atoms with E-state index >= 15 is 0 Å². The van der Waals surface area contributed by atoms with Crippen LogP contribution in [0, 0.1) is 5.21 Å². The fourth-order valence-electron chi connectivity index (χ4n) is 2.79. The van der Waals surface area contributed by atoms with Gasteiger partial charge in [0.05, 0.1) is 5.54 Å². The first-order valence-corrected chi connectivity index (χ1v) is 6.05. The molecule has 0 aromatic carbocycles.